The van der Waals surface area contributed by atoms with Crippen molar-refractivity contribution in [1.29, 1.82) is 0 Å². The van der Waals surface area contributed by atoms with Gasteiger partial charge in [0.25, 0.3) is 0 Å². The molecule has 3 heteroatoms. The van der Waals surface area contributed by atoms with Gasteiger partial charge in [-0.1, -0.05) is 18.0 Å². The molecule has 1 aromatic rings. The van der Waals surface area contributed by atoms with Crippen molar-refractivity contribution in [2.24, 2.45) is 0 Å². The number of rotatable bonds is 2. The van der Waals surface area contributed by atoms with Crippen molar-refractivity contribution in [3.8, 4) is 5.75 Å². The van der Waals surface area contributed by atoms with Gasteiger partial charge in [-0.3, -0.25) is 0 Å². The minimum absolute atomic E-state index is 0.746. The third-order valence-corrected chi connectivity index (χ3v) is 2.62. The van der Waals surface area contributed by atoms with E-state index in [0.717, 1.165) is 23.9 Å². The molecule has 1 aliphatic rings. The van der Waals surface area contributed by atoms with Crippen molar-refractivity contribution in [2.45, 2.75) is 19.3 Å². The van der Waals surface area contributed by atoms with Crippen molar-refractivity contribution in [1.82, 2.24) is 5.06 Å². The molecule has 1 aromatic carbocycles. The highest BCUT2D eigenvalue weighted by Crippen LogP contribution is 2.18. The van der Waals surface area contributed by atoms with Gasteiger partial charge in [0.1, 0.15) is 5.75 Å². The molecule has 2 nitrogen and oxygen atoms in total. The lowest BCUT2D eigenvalue weighted by Crippen LogP contribution is -2.32. The molecule has 1 heterocycles. The second-order valence-electron chi connectivity index (χ2n) is 3.53. The number of hydroxylamine groups is 2. The highest BCUT2D eigenvalue weighted by atomic mass is 35.5. The summed E-state index contributed by atoms with van der Waals surface area (Å²) in [7, 11) is 0. The van der Waals surface area contributed by atoms with Gasteiger partial charge in [0.15, 0.2) is 0 Å². The van der Waals surface area contributed by atoms with E-state index in [4.69, 9.17) is 16.4 Å². The largest absolute Gasteiger partial charge is 0.406 e. The molecule has 0 radical (unpaired) electrons. The molecule has 0 saturated carbocycles. The maximum atomic E-state index is 5.79. The van der Waals surface area contributed by atoms with Crippen molar-refractivity contribution in [3.63, 3.8) is 0 Å². The Morgan fingerprint density at radius 1 is 1.00 bits per heavy atom. The summed E-state index contributed by atoms with van der Waals surface area (Å²) >= 11 is 5.79. The van der Waals surface area contributed by atoms with Gasteiger partial charge in [-0.2, -0.15) is 0 Å². The van der Waals surface area contributed by atoms with Crippen molar-refractivity contribution < 1.29 is 4.84 Å². The summed E-state index contributed by atoms with van der Waals surface area (Å²) in [6.07, 6.45) is 3.78. The van der Waals surface area contributed by atoms with E-state index in [1.165, 1.54) is 19.3 Å². The van der Waals surface area contributed by atoms with Gasteiger partial charge >= 0.3 is 0 Å². The minimum Gasteiger partial charge on any atom is -0.406 e. The van der Waals surface area contributed by atoms with Crippen LogP contribution in [-0.4, -0.2) is 18.2 Å². The van der Waals surface area contributed by atoms with E-state index in [1.807, 2.05) is 29.3 Å². The molecule has 1 saturated heterocycles. The first-order valence-corrected chi connectivity index (χ1v) is 5.41. The highest BCUT2D eigenvalue weighted by molar-refractivity contribution is 6.30. The minimum atomic E-state index is 0.746. The molecule has 76 valence electrons. The first kappa shape index (κ1) is 9.81. The number of nitrogens with zero attached hydrogens (tertiary/aromatic N) is 1. The zero-order chi connectivity index (χ0) is 9.80. The Hall–Kier alpha value is -0.730. The lowest BCUT2D eigenvalue weighted by molar-refractivity contribution is -0.0719. The number of hydrogen-bond donors (Lipinski definition) is 0. The summed E-state index contributed by atoms with van der Waals surface area (Å²) in [5.41, 5.74) is 0. The smallest absolute Gasteiger partial charge is 0.147 e. The quantitative estimate of drug-likeness (QED) is 0.746. The van der Waals surface area contributed by atoms with E-state index >= 15 is 0 Å². The van der Waals surface area contributed by atoms with Crippen LogP contribution in [0.3, 0.4) is 0 Å². The average molecular weight is 212 g/mol. The van der Waals surface area contributed by atoms with E-state index in [2.05, 4.69) is 0 Å². The predicted molar refractivity (Wildman–Crippen MR) is 57.5 cm³/mol. The molecule has 0 bridgehead atoms. The molecule has 0 aromatic heterocycles. The molecular formula is C11H14ClNO. The number of piperidine rings is 1. The second-order valence-corrected chi connectivity index (χ2v) is 3.97. The molecule has 0 unspecified atom stereocenters. The molecule has 0 spiro atoms. The molecule has 0 aliphatic carbocycles. The van der Waals surface area contributed by atoms with Crippen LogP contribution in [0.2, 0.25) is 5.02 Å². The van der Waals surface area contributed by atoms with E-state index in [-0.39, 0.29) is 0 Å². The molecule has 1 aliphatic heterocycles. The lowest BCUT2D eigenvalue weighted by Gasteiger charge is -2.25. The van der Waals surface area contributed by atoms with Crippen LogP contribution in [0.25, 0.3) is 0 Å². The zero-order valence-electron chi connectivity index (χ0n) is 8.08. The summed E-state index contributed by atoms with van der Waals surface area (Å²) in [4.78, 5) is 5.68. The zero-order valence-corrected chi connectivity index (χ0v) is 8.83. The van der Waals surface area contributed by atoms with Gasteiger partial charge < -0.3 is 4.84 Å². The third kappa shape index (κ3) is 2.63. The molecule has 2 rings (SSSR count). The maximum absolute atomic E-state index is 5.79. The van der Waals surface area contributed by atoms with Crippen molar-refractivity contribution in [3.05, 3.63) is 29.3 Å². The van der Waals surface area contributed by atoms with Crippen molar-refractivity contribution >= 4 is 11.6 Å². The van der Waals surface area contributed by atoms with Gasteiger partial charge in [-0.15, -0.1) is 5.06 Å². The fourth-order valence-electron chi connectivity index (χ4n) is 1.60. The summed E-state index contributed by atoms with van der Waals surface area (Å²) < 4.78 is 0. The summed E-state index contributed by atoms with van der Waals surface area (Å²) in [5, 5.41) is 2.77. The van der Waals surface area contributed by atoms with Crippen LogP contribution in [0, 0.1) is 0 Å². The SMILES string of the molecule is Clc1ccc(ON2CCCCC2)cc1. The van der Waals surface area contributed by atoms with Gasteiger partial charge in [0.2, 0.25) is 0 Å². The molecule has 0 atom stereocenters. The van der Waals surface area contributed by atoms with Gasteiger partial charge in [-0.25, -0.2) is 0 Å². The van der Waals surface area contributed by atoms with Gasteiger partial charge in [0.05, 0.1) is 0 Å². The van der Waals surface area contributed by atoms with Gasteiger partial charge in [-0.05, 0) is 37.1 Å². The van der Waals surface area contributed by atoms with Crippen molar-refractivity contribution in [2.75, 3.05) is 13.1 Å². The van der Waals surface area contributed by atoms with Crippen LogP contribution in [-0.2, 0) is 0 Å². The summed E-state index contributed by atoms with van der Waals surface area (Å²) in [6, 6.07) is 7.50. The van der Waals surface area contributed by atoms with Crippen LogP contribution in [0.15, 0.2) is 24.3 Å². The Morgan fingerprint density at radius 3 is 2.29 bits per heavy atom. The van der Waals surface area contributed by atoms with Crippen LogP contribution in [0.4, 0.5) is 0 Å². The normalized spacial score (nSPS) is 18.1. The fourth-order valence-corrected chi connectivity index (χ4v) is 1.73. The lowest BCUT2D eigenvalue weighted by atomic mass is 10.2. The van der Waals surface area contributed by atoms with Crippen LogP contribution < -0.4 is 4.84 Å². The average Bonchev–Trinajstić information content (AvgIpc) is 2.23. The predicted octanol–water partition coefficient (Wildman–Crippen LogP) is 3.12. The Balaban J connectivity index is 1.92. The molecule has 14 heavy (non-hydrogen) atoms. The highest BCUT2D eigenvalue weighted by Gasteiger charge is 2.11. The van der Waals surface area contributed by atoms with Crippen LogP contribution in [0.1, 0.15) is 19.3 Å². The Labute approximate surface area is 89.4 Å². The fraction of sp³-hybridized carbons (Fsp3) is 0.455. The molecule has 1 fully saturated rings. The number of halogens is 1. The van der Waals surface area contributed by atoms with Crippen LogP contribution >= 0.6 is 11.6 Å². The summed E-state index contributed by atoms with van der Waals surface area (Å²) in [5.74, 6) is 0.872. The van der Waals surface area contributed by atoms with E-state index in [1.54, 1.807) is 0 Å². The Bertz CT molecular complexity index is 280. The first-order valence-electron chi connectivity index (χ1n) is 5.03. The third-order valence-electron chi connectivity index (χ3n) is 2.36. The van der Waals surface area contributed by atoms with E-state index in [9.17, 15) is 0 Å². The molecular weight excluding hydrogens is 198 g/mol. The number of hydrogen-bond acceptors (Lipinski definition) is 2. The molecule has 0 amide bonds. The summed E-state index contributed by atoms with van der Waals surface area (Å²) in [6.45, 7) is 2.06. The Morgan fingerprint density at radius 2 is 1.64 bits per heavy atom. The van der Waals surface area contributed by atoms with Crippen LogP contribution in [0.5, 0.6) is 5.75 Å². The molecule has 0 N–H and O–H groups in total. The topological polar surface area (TPSA) is 12.5 Å². The van der Waals surface area contributed by atoms with E-state index in [0.29, 0.717) is 0 Å². The van der Waals surface area contributed by atoms with E-state index < -0.39 is 0 Å². The number of benzene rings is 1. The first-order chi connectivity index (χ1) is 6.84. The second kappa shape index (κ2) is 4.67. The van der Waals surface area contributed by atoms with Gasteiger partial charge in [0, 0.05) is 18.1 Å². The maximum Gasteiger partial charge on any atom is 0.147 e. The standard InChI is InChI=1S/C11H14ClNO/c12-10-4-6-11(7-5-10)14-13-8-2-1-3-9-13/h4-7H,1-3,8-9H2. The Kier molecular flexibility index (Phi) is 3.27. The monoisotopic (exact) mass is 211 g/mol.